The SMILES string of the molecule is COc1ccc(C2CC2)cc1OC. The van der Waals surface area contributed by atoms with Gasteiger partial charge in [-0.1, -0.05) is 6.07 Å². The van der Waals surface area contributed by atoms with Gasteiger partial charge in [-0.3, -0.25) is 0 Å². The van der Waals surface area contributed by atoms with Gasteiger partial charge in [-0.15, -0.1) is 0 Å². The number of benzene rings is 1. The smallest absolute Gasteiger partial charge is 0.160 e. The first-order valence-corrected chi connectivity index (χ1v) is 4.57. The van der Waals surface area contributed by atoms with Crippen molar-refractivity contribution in [2.45, 2.75) is 18.8 Å². The van der Waals surface area contributed by atoms with E-state index in [1.54, 1.807) is 14.2 Å². The molecule has 1 aliphatic rings. The first kappa shape index (κ1) is 8.42. The minimum Gasteiger partial charge on any atom is -0.493 e. The fraction of sp³-hybridized carbons (Fsp3) is 0.455. The van der Waals surface area contributed by atoms with Crippen LogP contribution in [0.3, 0.4) is 0 Å². The van der Waals surface area contributed by atoms with Crippen molar-refractivity contribution in [3.63, 3.8) is 0 Å². The van der Waals surface area contributed by atoms with Gasteiger partial charge < -0.3 is 9.47 Å². The topological polar surface area (TPSA) is 18.5 Å². The largest absolute Gasteiger partial charge is 0.493 e. The fourth-order valence-corrected chi connectivity index (χ4v) is 1.52. The molecular formula is C11H14O2. The summed E-state index contributed by atoms with van der Waals surface area (Å²) in [5.74, 6) is 2.42. The van der Waals surface area contributed by atoms with E-state index >= 15 is 0 Å². The molecule has 0 bridgehead atoms. The van der Waals surface area contributed by atoms with Crippen LogP contribution < -0.4 is 9.47 Å². The Bertz CT molecular complexity index is 303. The zero-order valence-electron chi connectivity index (χ0n) is 8.04. The van der Waals surface area contributed by atoms with Crippen molar-refractivity contribution in [2.24, 2.45) is 0 Å². The highest BCUT2D eigenvalue weighted by molar-refractivity contribution is 5.44. The van der Waals surface area contributed by atoms with E-state index in [9.17, 15) is 0 Å². The molecular weight excluding hydrogens is 164 g/mol. The Balaban J connectivity index is 2.31. The summed E-state index contributed by atoms with van der Waals surface area (Å²) in [5, 5.41) is 0. The van der Waals surface area contributed by atoms with E-state index < -0.39 is 0 Å². The minimum absolute atomic E-state index is 0.764. The fourth-order valence-electron chi connectivity index (χ4n) is 1.52. The first-order chi connectivity index (χ1) is 6.35. The quantitative estimate of drug-likeness (QED) is 0.708. The van der Waals surface area contributed by atoms with E-state index in [2.05, 4.69) is 12.1 Å². The third-order valence-electron chi connectivity index (χ3n) is 2.46. The zero-order valence-corrected chi connectivity index (χ0v) is 8.04. The monoisotopic (exact) mass is 178 g/mol. The summed E-state index contributed by atoms with van der Waals surface area (Å²) >= 11 is 0. The average molecular weight is 178 g/mol. The van der Waals surface area contributed by atoms with Crippen LogP contribution in [0, 0.1) is 0 Å². The molecule has 2 nitrogen and oxygen atoms in total. The van der Waals surface area contributed by atoms with Gasteiger partial charge in [0, 0.05) is 0 Å². The standard InChI is InChI=1S/C11H14O2/c1-12-10-6-5-9(8-3-4-8)7-11(10)13-2/h5-8H,3-4H2,1-2H3. The molecule has 0 heterocycles. The lowest BCUT2D eigenvalue weighted by atomic mass is 10.1. The molecule has 1 aromatic carbocycles. The van der Waals surface area contributed by atoms with E-state index in [4.69, 9.17) is 9.47 Å². The van der Waals surface area contributed by atoms with Crippen LogP contribution in [0.15, 0.2) is 18.2 Å². The maximum absolute atomic E-state index is 5.23. The minimum atomic E-state index is 0.764. The molecule has 1 aromatic rings. The van der Waals surface area contributed by atoms with Crippen molar-refractivity contribution in [3.8, 4) is 11.5 Å². The maximum Gasteiger partial charge on any atom is 0.160 e. The van der Waals surface area contributed by atoms with Crippen LogP contribution in [-0.4, -0.2) is 14.2 Å². The molecule has 0 atom stereocenters. The van der Waals surface area contributed by atoms with Gasteiger partial charge in [0.2, 0.25) is 0 Å². The highest BCUT2D eigenvalue weighted by atomic mass is 16.5. The molecule has 0 aliphatic heterocycles. The Labute approximate surface area is 78.5 Å². The molecule has 0 radical (unpaired) electrons. The number of ether oxygens (including phenoxy) is 2. The van der Waals surface area contributed by atoms with Gasteiger partial charge in [0.15, 0.2) is 11.5 Å². The van der Waals surface area contributed by atoms with Gasteiger partial charge in [0.25, 0.3) is 0 Å². The second-order valence-electron chi connectivity index (χ2n) is 3.39. The van der Waals surface area contributed by atoms with Crippen LogP contribution in [-0.2, 0) is 0 Å². The van der Waals surface area contributed by atoms with Crippen LogP contribution >= 0.6 is 0 Å². The summed E-state index contributed by atoms with van der Waals surface area (Å²) in [5.41, 5.74) is 1.37. The van der Waals surface area contributed by atoms with Crippen molar-refractivity contribution in [1.82, 2.24) is 0 Å². The van der Waals surface area contributed by atoms with E-state index in [-0.39, 0.29) is 0 Å². The van der Waals surface area contributed by atoms with Crippen LogP contribution in [0.4, 0.5) is 0 Å². The van der Waals surface area contributed by atoms with Gasteiger partial charge in [-0.25, -0.2) is 0 Å². The predicted molar refractivity (Wildman–Crippen MR) is 51.5 cm³/mol. The van der Waals surface area contributed by atoms with Crippen LogP contribution in [0.1, 0.15) is 24.3 Å². The summed E-state index contributed by atoms with van der Waals surface area (Å²) in [6.07, 6.45) is 2.63. The number of hydrogen-bond donors (Lipinski definition) is 0. The molecule has 0 aromatic heterocycles. The van der Waals surface area contributed by atoms with Crippen molar-refractivity contribution >= 4 is 0 Å². The molecule has 70 valence electrons. The Morgan fingerprint density at radius 2 is 1.77 bits per heavy atom. The molecule has 2 heteroatoms. The summed E-state index contributed by atoms with van der Waals surface area (Å²) in [4.78, 5) is 0. The molecule has 1 fully saturated rings. The molecule has 13 heavy (non-hydrogen) atoms. The molecule has 2 rings (SSSR count). The van der Waals surface area contributed by atoms with Crippen molar-refractivity contribution in [2.75, 3.05) is 14.2 Å². The lowest BCUT2D eigenvalue weighted by Crippen LogP contribution is -1.91. The second kappa shape index (κ2) is 3.29. The van der Waals surface area contributed by atoms with Crippen LogP contribution in [0.2, 0.25) is 0 Å². The molecule has 0 spiro atoms. The normalized spacial score (nSPS) is 15.5. The molecule has 0 saturated heterocycles. The van der Waals surface area contributed by atoms with Gasteiger partial charge in [-0.2, -0.15) is 0 Å². The number of hydrogen-bond acceptors (Lipinski definition) is 2. The highest BCUT2D eigenvalue weighted by Gasteiger charge is 2.24. The Kier molecular flexibility index (Phi) is 2.13. The third kappa shape index (κ3) is 1.62. The number of rotatable bonds is 3. The van der Waals surface area contributed by atoms with Crippen molar-refractivity contribution in [1.29, 1.82) is 0 Å². The van der Waals surface area contributed by atoms with E-state index in [1.165, 1.54) is 18.4 Å². The first-order valence-electron chi connectivity index (χ1n) is 4.57. The van der Waals surface area contributed by atoms with Gasteiger partial charge >= 0.3 is 0 Å². The lowest BCUT2D eigenvalue weighted by Gasteiger charge is -2.08. The van der Waals surface area contributed by atoms with E-state index in [0.29, 0.717) is 0 Å². The van der Waals surface area contributed by atoms with Crippen LogP contribution in [0.5, 0.6) is 11.5 Å². The lowest BCUT2D eigenvalue weighted by molar-refractivity contribution is 0.354. The summed E-state index contributed by atoms with van der Waals surface area (Å²) in [6, 6.07) is 6.18. The Morgan fingerprint density at radius 3 is 2.31 bits per heavy atom. The second-order valence-corrected chi connectivity index (χ2v) is 3.39. The average Bonchev–Trinajstić information content (AvgIpc) is 3.00. The Morgan fingerprint density at radius 1 is 1.08 bits per heavy atom. The summed E-state index contributed by atoms with van der Waals surface area (Å²) in [6.45, 7) is 0. The van der Waals surface area contributed by atoms with E-state index in [0.717, 1.165) is 17.4 Å². The molecule has 1 aliphatic carbocycles. The number of methoxy groups -OCH3 is 2. The Hall–Kier alpha value is -1.18. The molecule has 1 saturated carbocycles. The highest BCUT2D eigenvalue weighted by Crippen LogP contribution is 2.42. The summed E-state index contributed by atoms with van der Waals surface area (Å²) < 4.78 is 10.4. The molecule has 0 N–H and O–H groups in total. The molecule has 0 unspecified atom stereocenters. The predicted octanol–water partition coefficient (Wildman–Crippen LogP) is 2.58. The van der Waals surface area contributed by atoms with Gasteiger partial charge in [0.1, 0.15) is 0 Å². The summed E-state index contributed by atoms with van der Waals surface area (Å²) in [7, 11) is 3.34. The van der Waals surface area contributed by atoms with Gasteiger partial charge in [0.05, 0.1) is 14.2 Å². The molecule has 0 amide bonds. The van der Waals surface area contributed by atoms with Crippen molar-refractivity contribution in [3.05, 3.63) is 23.8 Å². The van der Waals surface area contributed by atoms with Gasteiger partial charge in [-0.05, 0) is 36.5 Å². The third-order valence-corrected chi connectivity index (χ3v) is 2.46. The zero-order chi connectivity index (χ0) is 9.26. The van der Waals surface area contributed by atoms with E-state index in [1.807, 2.05) is 6.07 Å². The maximum atomic E-state index is 5.23. The van der Waals surface area contributed by atoms with Crippen molar-refractivity contribution < 1.29 is 9.47 Å². The van der Waals surface area contributed by atoms with Crippen LogP contribution in [0.25, 0.3) is 0 Å².